The third-order valence-corrected chi connectivity index (χ3v) is 5.24. The molecule has 0 spiro atoms. The normalized spacial score (nSPS) is 19.7. The minimum absolute atomic E-state index is 0.0468. The third-order valence-electron chi connectivity index (χ3n) is 3.00. The van der Waals surface area contributed by atoms with Gasteiger partial charge in [0.25, 0.3) is 0 Å². The summed E-state index contributed by atoms with van der Waals surface area (Å²) in [6, 6.07) is 2.76. The fourth-order valence-electron chi connectivity index (χ4n) is 1.87. The molecule has 118 valence electrons. The Balaban J connectivity index is 2.15. The van der Waals surface area contributed by atoms with Crippen LogP contribution in [0.5, 0.6) is 0 Å². The Labute approximate surface area is 133 Å². The summed E-state index contributed by atoms with van der Waals surface area (Å²) in [4.78, 5) is -0.0502. The summed E-state index contributed by atoms with van der Waals surface area (Å²) in [7, 11) is -3.77. The van der Waals surface area contributed by atoms with Crippen molar-refractivity contribution in [2.45, 2.75) is 17.5 Å². The first-order chi connectivity index (χ1) is 9.94. The summed E-state index contributed by atoms with van der Waals surface area (Å²) in [5.41, 5.74) is 6.04. The quantitative estimate of drug-likeness (QED) is 0.827. The van der Waals surface area contributed by atoms with E-state index in [0.717, 1.165) is 0 Å². The zero-order chi connectivity index (χ0) is 15.5. The molecule has 21 heavy (non-hydrogen) atoms. The first kappa shape index (κ1) is 17.0. The summed E-state index contributed by atoms with van der Waals surface area (Å²) >= 11 is 11.9. The fraction of sp³-hybridized carbons (Fsp3) is 0.500. The molecular weight excluding hydrogens is 339 g/mol. The molecule has 1 unspecified atom stereocenters. The summed E-state index contributed by atoms with van der Waals surface area (Å²) in [5.74, 6) is 0. The summed E-state index contributed by atoms with van der Waals surface area (Å²) < 4.78 is 37.6. The number of ether oxygens (including phenoxy) is 2. The van der Waals surface area contributed by atoms with E-state index in [4.69, 9.17) is 38.4 Å². The Morgan fingerprint density at radius 1 is 1.29 bits per heavy atom. The Hall–Kier alpha value is -0.410. The average molecular weight is 355 g/mol. The van der Waals surface area contributed by atoms with Gasteiger partial charge in [0, 0.05) is 18.1 Å². The van der Waals surface area contributed by atoms with Crippen molar-refractivity contribution in [3.8, 4) is 0 Å². The van der Waals surface area contributed by atoms with Crippen LogP contribution in [0, 0.1) is 0 Å². The Morgan fingerprint density at radius 2 is 2.05 bits per heavy atom. The monoisotopic (exact) mass is 354 g/mol. The van der Waals surface area contributed by atoms with Crippen molar-refractivity contribution in [1.82, 2.24) is 4.72 Å². The molecule has 1 aromatic carbocycles. The van der Waals surface area contributed by atoms with Gasteiger partial charge in [-0.3, -0.25) is 0 Å². The standard InChI is InChI=1S/C12H16Cl2N2O4S/c13-10-4-11(14)12(3-8(10)5-15)21(17,18)16-6-9-7-19-1-2-20-9/h3-4,9,16H,1-2,5-7,15H2. The van der Waals surface area contributed by atoms with E-state index in [2.05, 4.69) is 4.72 Å². The lowest BCUT2D eigenvalue weighted by Crippen LogP contribution is -2.39. The molecule has 9 heteroatoms. The molecule has 1 saturated heterocycles. The van der Waals surface area contributed by atoms with Crippen molar-refractivity contribution in [1.29, 1.82) is 0 Å². The molecule has 1 aliphatic heterocycles. The molecule has 0 saturated carbocycles. The molecule has 0 bridgehead atoms. The lowest BCUT2D eigenvalue weighted by molar-refractivity contribution is -0.0846. The highest BCUT2D eigenvalue weighted by atomic mass is 35.5. The number of hydrogen-bond acceptors (Lipinski definition) is 5. The second kappa shape index (κ2) is 7.23. The Morgan fingerprint density at radius 3 is 2.67 bits per heavy atom. The van der Waals surface area contributed by atoms with E-state index in [9.17, 15) is 8.42 Å². The number of hydrogen-bond donors (Lipinski definition) is 2. The van der Waals surface area contributed by atoms with Crippen LogP contribution in [0.15, 0.2) is 17.0 Å². The van der Waals surface area contributed by atoms with Crippen molar-refractivity contribution < 1.29 is 17.9 Å². The molecule has 0 aromatic heterocycles. The van der Waals surface area contributed by atoms with Gasteiger partial charge in [-0.1, -0.05) is 23.2 Å². The van der Waals surface area contributed by atoms with E-state index in [1.54, 1.807) is 0 Å². The maximum Gasteiger partial charge on any atom is 0.242 e. The average Bonchev–Trinajstić information content (AvgIpc) is 2.46. The van der Waals surface area contributed by atoms with Gasteiger partial charge in [-0.2, -0.15) is 0 Å². The second-order valence-corrected chi connectivity index (χ2v) is 7.05. The largest absolute Gasteiger partial charge is 0.376 e. The molecule has 6 nitrogen and oxygen atoms in total. The van der Waals surface area contributed by atoms with Crippen molar-refractivity contribution in [2.75, 3.05) is 26.4 Å². The smallest absolute Gasteiger partial charge is 0.242 e. The SMILES string of the molecule is NCc1cc(S(=O)(=O)NCC2COCCO2)c(Cl)cc1Cl. The molecule has 0 aliphatic carbocycles. The van der Waals surface area contributed by atoms with Gasteiger partial charge in [0.15, 0.2) is 0 Å². The zero-order valence-electron chi connectivity index (χ0n) is 11.1. The van der Waals surface area contributed by atoms with Crippen molar-refractivity contribution in [3.05, 3.63) is 27.7 Å². The molecule has 0 amide bonds. The molecule has 1 aliphatic rings. The minimum atomic E-state index is -3.77. The van der Waals surface area contributed by atoms with E-state index < -0.39 is 10.0 Å². The van der Waals surface area contributed by atoms with Gasteiger partial charge < -0.3 is 15.2 Å². The maximum absolute atomic E-state index is 12.3. The Kier molecular flexibility index (Phi) is 5.84. The highest BCUT2D eigenvalue weighted by molar-refractivity contribution is 7.89. The van der Waals surface area contributed by atoms with Crippen LogP contribution < -0.4 is 10.5 Å². The van der Waals surface area contributed by atoms with Gasteiger partial charge in [0.1, 0.15) is 4.90 Å². The number of nitrogens with one attached hydrogen (secondary N) is 1. The van der Waals surface area contributed by atoms with Crippen molar-refractivity contribution >= 4 is 33.2 Å². The van der Waals surface area contributed by atoms with Crippen LogP contribution in [0.25, 0.3) is 0 Å². The second-order valence-electron chi connectivity index (χ2n) is 4.50. The van der Waals surface area contributed by atoms with Crippen LogP contribution >= 0.6 is 23.2 Å². The van der Waals surface area contributed by atoms with Crippen molar-refractivity contribution in [2.24, 2.45) is 5.73 Å². The predicted molar refractivity (Wildman–Crippen MR) is 80.1 cm³/mol. The molecule has 1 aromatic rings. The number of nitrogens with two attached hydrogens (primary N) is 1. The van der Waals surface area contributed by atoms with Crippen LogP contribution in [0.1, 0.15) is 5.56 Å². The van der Waals surface area contributed by atoms with Crippen LogP contribution in [-0.4, -0.2) is 40.9 Å². The first-order valence-corrected chi connectivity index (χ1v) is 8.55. The summed E-state index contributed by atoms with van der Waals surface area (Å²) in [6.07, 6.45) is -0.312. The molecular formula is C12H16Cl2N2O4S. The molecule has 1 fully saturated rings. The number of sulfonamides is 1. The van der Waals surface area contributed by atoms with E-state index in [1.165, 1.54) is 12.1 Å². The zero-order valence-corrected chi connectivity index (χ0v) is 13.5. The van der Waals surface area contributed by atoms with Gasteiger partial charge in [-0.25, -0.2) is 13.1 Å². The lowest BCUT2D eigenvalue weighted by Gasteiger charge is -2.23. The molecule has 1 atom stereocenters. The highest BCUT2D eigenvalue weighted by Gasteiger charge is 2.22. The first-order valence-electron chi connectivity index (χ1n) is 6.31. The summed E-state index contributed by atoms with van der Waals surface area (Å²) in [6.45, 7) is 1.56. The van der Waals surface area contributed by atoms with Crippen LogP contribution in [0.4, 0.5) is 0 Å². The number of benzene rings is 1. The summed E-state index contributed by atoms with van der Waals surface area (Å²) in [5, 5.41) is 0.385. The number of halogens is 2. The van der Waals surface area contributed by atoms with E-state index >= 15 is 0 Å². The molecule has 1 heterocycles. The number of rotatable bonds is 5. The maximum atomic E-state index is 12.3. The minimum Gasteiger partial charge on any atom is -0.376 e. The van der Waals surface area contributed by atoms with Gasteiger partial charge in [-0.15, -0.1) is 0 Å². The van der Waals surface area contributed by atoms with E-state index in [-0.39, 0.29) is 29.1 Å². The highest BCUT2D eigenvalue weighted by Crippen LogP contribution is 2.28. The predicted octanol–water partition coefficient (Wildman–Crippen LogP) is 1.15. The molecule has 0 radical (unpaired) electrons. The van der Waals surface area contributed by atoms with Crippen molar-refractivity contribution in [3.63, 3.8) is 0 Å². The Bertz CT molecular complexity index is 604. The van der Waals surface area contributed by atoms with E-state index in [1.807, 2.05) is 0 Å². The van der Waals surface area contributed by atoms with Gasteiger partial charge in [-0.05, 0) is 17.7 Å². The van der Waals surface area contributed by atoms with Crippen LogP contribution in [0.2, 0.25) is 10.0 Å². The lowest BCUT2D eigenvalue weighted by atomic mass is 10.2. The third kappa shape index (κ3) is 4.29. The van der Waals surface area contributed by atoms with Gasteiger partial charge in [0.05, 0.1) is 30.9 Å². The topological polar surface area (TPSA) is 90.7 Å². The molecule has 2 rings (SSSR count). The van der Waals surface area contributed by atoms with Gasteiger partial charge in [0.2, 0.25) is 10.0 Å². The van der Waals surface area contributed by atoms with Crippen LogP contribution in [0.3, 0.4) is 0 Å². The fourth-order valence-corrected chi connectivity index (χ4v) is 3.81. The van der Waals surface area contributed by atoms with E-state index in [0.29, 0.717) is 30.4 Å². The van der Waals surface area contributed by atoms with Gasteiger partial charge >= 0.3 is 0 Å². The van der Waals surface area contributed by atoms with Crippen LogP contribution in [-0.2, 0) is 26.0 Å². The molecule has 3 N–H and O–H groups in total.